The molecule has 0 saturated heterocycles. The van der Waals surface area contributed by atoms with Gasteiger partial charge in [-0.05, 0) is 44.2 Å². The van der Waals surface area contributed by atoms with Gasteiger partial charge in [0.15, 0.2) is 11.5 Å². The number of aromatic nitrogens is 2. The van der Waals surface area contributed by atoms with Crippen LogP contribution in [0.1, 0.15) is 23.0 Å². The van der Waals surface area contributed by atoms with Crippen molar-refractivity contribution in [3.63, 3.8) is 0 Å². The lowest BCUT2D eigenvalue weighted by molar-refractivity contribution is 0.0521. The summed E-state index contributed by atoms with van der Waals surface area (Å²) in [5, 5.41) is 0.562. The van der Waals surface area contributed by atoms with Crippen LogP contribution in [0.4, 0.5) is 4.39 Å². The van der Waals surface area contributed by atoms with Gasteiger partial charge >= 0.3 is 5.97 Å². The largest absolute Gasteiger partial charge is 0.461 e. The molecule has 168 valence electrons. The Morgan fingerprint density at radius 3 is 2.42 bits per heavy atom. The van der Waals surface area contributed by atoms with Crippen molar-refractivity contribution in [2.24, 2.45) is 0 Å². The van der Waals surface area contributed by atoms with Crippen molar-refractivity contribution in [2.75, 3.05) is 6.61 Å². The fraction of sp³-hybridized carbons (Fsp3) is 0.120. The van der Waals surface area contributed by atoms with E-state index in [2.05, 4.69) is 4.98 Å². The van der Waals surface area contributed by atoms with E-state index in [9.17, 15) is 4.79 Å². The molecule has 0 atom stereocenters. The Morgan fingerprint density at radius 2 is 1.73 bits per heavy atom. The number of hydrogen-bond acceptors (Lipinski definition) is 3. The number of halogens is 4. The number of rotatable bonds is 5. The molecule has 1 heterocycles. The van der Waals surface area contributed by atoms with Gasteiger partial charge in [0.2, 0.25) is 0 Å². The number of nitrogens with zero attached hydrogens (tertiary/aromatic N) is 2. The van der Waals surface area contributed by atoms with Crippen molar-refractivity contribution in [1.82, 2.24) is 9.55 Å². The van der Waals surface area contributed by atoms with Crippen LogP contribution in [0.2, 0.25) is 15.1 Å². The third-order valence-corrected chi connectivity index (χ3v) is 6.02. The zero-order valence-corrected chi connectivity index (χ0v) is 20.0. The summed E-state index contributed by atoms with van der Waals surface area (Å²) in [6.07, 6.45) is 0. The number of benzene rings is 3. The van der Waals surface area contributed by atoms with E-state index in [1.54, 1.807) is 41.8 Å². The van der Waals surface area contributed by atoms with E-state index >= 15 is 4.39 Å². The summed E-state index contributed by atoms with van der Waals surface area (Å²) in [6, 6.07) is 17.1. The first kappa shape index (κ1) is 23.3. The maximum atomic E-state index is 15.3. The number of carbonyl (C=O) groups is 1. The SMILES string of the molecule is CCOC(=O)c1nc(-c2cccc(C)c2)n(-c2cccc(Cl)c2F)c1-c1ccc(Cl)c(Cl)c1. The average Bonchev–Trinajstić information content (AvgIpc) is 3.18. The van der Waals surface area contributed by atoms with Crippen molar-refractivity contribution < 1.29 is 13.9 Å². The molecule has 0 aliphatic heterocycles. The zero-order valence-electron chi connectivity index (χ0n) is 17.7. The standard InChI is InChI=1S/C25H18Cl3FN2O2/c1-3-33-25(32)22-23(15-10-11-17(26)19(28)13-15)31(20-9-5-8-18(27)21(20)29)24(30-22)16-7-4-6-14(2)12-16/h4-13H,3H2,1-2H3. The van der Waals surface area contributed by atoms with Gasteiger partial charge < -0.3 is 4.74 Å². The highest BCUT2D eigenvalue weighted by Gasteiger charge is 2.28. The van der Waals surface area contributed by atoms with Crippen molar-refractivity contribution in [3.05, 3.63) is 92.8 Å². The van der Waals surface area contributed by atoms with Crippen LogP contribution in [0, 0.1) is 12.7 Å². The number of ether oxygens (including phenoxy) is 1. The Balaban J connectivity index is 2.15. The highest BCUT2D eigenvalue weighted by atomic mass is 35.5. The number of hydrogen-bond donors (Lipinski definition) is 0. The van der Waals surface area contributed by atoms with E-state index in [0.29, 0.717) is 27.7 Å². The number of esters is 1. The molecule has 0 bridgehead atoms. The maximum Gasteiger partial charge on any atom is 0.359 e. The summed E-state index contributed by atoms with van der Waals surface area (Å²) in [5.74, 6) is -0.945. The van der Waals surface area contributed by atoms with E-state index in [-0.39, 0.29) is 28.0 Å². The molecule has 0 N–H and O–H groups in total. The van der Waals surface area contributed by atoms with Gasteiger partial charge in [-0.1, -0.05) is 70.7 Å². The predicted octanol–water partition coefficient (Wildman–Crippen LogP) is 7.79. The Kier molecular flexibility index (Phi) is 6.75. The van der Waals surface area contributed by atoms with Gasteiger partial charge in [0.25, 0.3) is 0 Å². The molecule has 1 aromatic heterocycles. The summed E-state index contributed by atoms with van der Waals surface area (Å²) in [4.78, 5) is 17.6. The maximum absolute atomic E-state index is 15.3. The molecular weight excluding hydrogens is 486 g/mol. The van der Waals surface area contributed by atoms with Gasteiger partial charge in [-0.3, -0.25) is 4.57 Å². The molecule has 3 aromatic carbocycles. The van der Waals surface area contributed by atoms with Gasteiger partial charge in [-0.2, -0.15) is 0 Å². The van der Waals surface area contributed by atoms with E-state index in [1.807, 2.05) is 31.2 Å². The van der Waals surface area contributed by atoms with Gasteiger partial charge in [-0.15, -0.1) is 0 Å². The molecule has 0 aliphatic carbocycles. The van der Waals surface area contributed by atoms with Crippen molar-refractivity contribution in [3.8, 4) is 28.3 Å². The lowest BCUT2D eigenvalue weighted by Crippen LogP contribution is -2.08. The Hall–Kier alpha value is -2.86. The highest BCUT2D eigenvalue weighted by Crippen LogP contribution is 2.38. The first-order valence-corrected chi connectivity index (χ1v) is 11.2. The molecule has 0 amide bonds. The highest BCUT2D eigenvalue weighted by molar-refractivity contribution is 6.42. The smallest absolute Gasteiger partial charge is 0.359 e. The lowest BCUT2D eigenvalue weighted by Gasteiger charge is -2.15. The van der Waals surface area contributed by atoms with Crippen LogP contribution in [0.25, 0.3) is 28.3 Å². The molecule has 0 radical (unpaired) electrons. The monoisotopic (exact) mass is 502 g/mol. The van der Waals surface area contributed by atoms with Gasteiger partial charge in [0, 0.05) is 11.1 Å². The van der Waals surface area contributed by atoms with Crippen molar-refractivity contribution >= 4 is 40.8 Å². The molecule has 4 aromatic rings. The van der Waals surface area contributed by atoms with Crippen molar-refractivity contribution in [1.29, 1.82) is 0 Å². The minimum absolute atomic E-state index is 0.0196. The lowest BCUT2D eigenvalue weighted by atomic mass is 10.1. The van der Waals surface area contributed by atoms with E-state index in [4.69, 9.17) is 39.5 Å². The molecule has 4 nitrogen and oxygen atoms in total. The van der Waals surface area contributed by atoms with Crippen molar-refractivity contribution in [2.45, 2.75) is 13.8 Å². The third kappa shape index (κ3) is 4.49. The minimum Gasteiger partial charge on any atom is -0.461 e. The molecular formula is C25H18Cl3FN2O2. The molecule has 33 heavy (non-hydrogen) atoms. The molecule has 0 unspecified atom stereocenters. The van der Waals surface area contributed by atoms with E-state index in [1.165, 1.54) is 6.07 Å². The Labute approximate surface area is 205 Å². The molecule has 0 saturated carbocycles. The van der Waals surface area contributed by atoms with Crippen LogP contribution in [-0.4, -0.2) is 22.1 Å². The fourth-order valence-electron chi connectivity index (χ4n) is 3.55. The fourth-order valence-corrected chi connectivity index (χ4v) is 4.02. The number of imidazole rings is 1. The van der Waals surface area contributed by atoms with Gasteiger partial charge in [0.1, 0.15) is 5.82 Å². The van der Waals surface area contributed by atoms with Crippen LogP contribution in [-0.2, 0) is 4.74 Å². The summed E-state index contributed by atoms with van der Waals surface area (Å²) in [7, 11) is 0. The first-order valence-electron chi connectivity index (χ1n) is 10.1. The number of aryl methyl sites for hydroxylation is 1. The second-order valence-corrected chi connectivity index (χ2v) is 8.48. The topological polar surface area (TPSA) is 44.1 Å². The van der Waals surface area contributed by atoms with Crippen LogP contribution in [0.5, 0.6) is 0 Å². The zero-order chi connectivity index (χ0) is 23.7. The number of carbonyl (C=O) groups excluding carboxylic acids is 1. The van der Waals surface area contributed by atoms with Gasteiger partial charge in [0.05, 0.1) is 33.1 Å². The average molecular weight is 504 g/mol. The Morgan fingerprint density at radius 1 is 0.970 bits per heavy atom. The summed E-state index contributed by atoms with van der Waals surface area (Å²) >= 11 is 18.5. The molecule has 4 rings (SSSR count). The minimum atomic E-state index is -0.651. The van der Waals surface area contributed by atoms with Crippen LogP contribution in [0.15, 0.2) is 60.7 Å². The van der Waals surface area contributed by atoms with E-state index < -0.39 is 11.8 Å². The molecule has 0 aliphatic rings. The van der Waals surface area contributed by atoms with Crippen LogP contribution >= 0.6 is 34.8 Å². The summed E-state index contributed by atoms with van der Waals surface area (Å²) < 4.78 is 22.1. The normalized spacial score (nSPS) is 11.0. The van der Waals surface area contributed by atoms with Crippen LogP contribution < -0.4 is 0 Å². The first-order chi connectivity index (χ1) is 15.8. The quantitative estimate of drug-likeness (QED) is 0.261. The summed E-state index contributed by atoms with van der Waals surface area (Å²) in [5.41, 5.74) is 2.63. The third-order valence-electron chi connectivity index (χ3n) is 4.99. The van der Waals surface area contributed by atoms with Crippen LogP contribution in [0.3, 0.4) is 0 Å². The van der Waals surface area contributed by atoms with E-state index in [0.717, 1.165) is 5.56 Å². The summed E-state index contributed by atoms with van der Waals surface area (Å²) in [6.45, 7) is 3.78. The predicted molar refractivity (Wildman–Crippen MR) is 130 cm³/mol. The second kappa shape index (κ2) is 9.56. The van der Waals surface area contributed by atoms with Gasteiger partial charge in [-0.25, -0.2) is 14.2 Å². The molecule has 8 heteroatoms. The second-order valence-electron chi connectivity index (χ2n) is 7.26. The molecule has 0 fully saturated rings. The Bertz CT molecular complexity index is 1370. The molecule has 0 spiro atoms.